The van der Waals surface area contributed by atoms with Crippen LogP contribution in [0.3, 0.4) is 0 Å². The number of rotatable bonds is 2. The molecule has 0 spiro atoms. The molecule has 2 rings (SSSR count). The van der Waals surface area contributed by atoms with E-state index in [1.54, 1.807) is 18.5 Å². The molecule has 0 fully saturated rings. The highest BCUT2D eigenvalue weighted by molar-refractivity contribution is 6.36. The van der Waals surface area contributed by atoms with Crippen LogP contribution in [-0.4, -0.2) is 9.97 Å². The maximum atomic E-state index is 6.04. The van der Waals surface area contributed by atoms with Crippen LogP contribution in [0, 0.1) is 0 Å². The second kappa shape index (κ2) is 4.60. The van der Waals surface area contributed by atoms with Gasteiger partial charge >= 0.3 is 0 Å². The quantitative estimate of drug-likeness (QED) is 0.802. The lowest BCUT2D eigenvalue weighted by molar-refractivity contribution is 0.968. The predicted octanol–water partition coefficient (Wildman–Crippen LogP) is 3.37. The number of hydrogen-bond donors (Lipinski definition) is 0. The highest BCUT2D eigenvalue weighted by Crippen LogP contribution is 2.25. The first kappa shape index (κ1) is 10.4. The summed E-state index contributed by atoms with van der Waals surface area (Å²) in [7, 11) is 0. The summed E-state index contributed by atoms with van der Waals surface area (Å²) >= 11 is 12.1. The second-order valence-electron chi connectivity index (χ2n) is 3.04. The van der Waals surface area contributed by atoms with Crippen LogP contribution in [0.1, 0.15) is 11.4 Å². The minimum atomic E-state index is 0.555. The van der Waals surface area contributed by atoms with Crippen molar-refractivity contribution >= 4 is 23.2 Å². The Kier molecular flexibility index (Phi) is 3.19. The van der Waals surface area contributed by atoms with Gasteiger partial charge in [-0.1, -0.05) is 29.3 Å². The van der Waals surface area contributed by atoms with Gasteiger partial charge in [-0.2, -0.15) is 0 Å². The summed E-state index contributed by atoms with van der Waals surface area (Å²) in [5, 5.41) is 1.30. The van der Waals surface area contributed by atoms with E-state index in [4.69, 9.17) is 23.2 Å². The Labute approximate surface area is 97.9 Å². The van der Waals surface area contributed by atoms with E-state index in [1.807, 2.05) is 18.2 Å². The molecule has 1 aromatic carbocycles. The third kappa shape index (κ3) is 2.46. The lowest BCUT2D eigenvalue weighted by Crippen LogP contribution is -1.96. The summed E-state index contributed by atoms with van der Waals surface area (Å²) in [6, 6.07) is 7.22. The lowest BCUT2D eigenvalue weighted by Gasteiger charge is -2.04. The van der Waals surface area contributed by atoms with E-state index in [9.17, 15) is 0 Å². The van der Waals surface area contributed by atoms with Crippen LogP contribution >= 0.6 is 23.2 Å². The van der Waals surface area contributed by atoms with Crippen LogP contribution in [0.5, 0.6) is 0 Å². The molecule has 0 saturated carbocycles. The Hall–Kier alpha value is -1.12. The van der Waals surface area contributed by atoms with Crippen molar-refractivity contribution in [1.29, 1.82) is 0 Å². The van der Waals surface area contributed by atoms with Gasteiger partial charge in [0, 0.05) is 28.9 Å². The minimum Gasteiger partial charge on any atom is -0.241 e. The Morgan fingerprint density at radius 2 is 1.53 bits per heavy atom. The smallest absolute Gasteiger partial charge is 0.132 e. The van der Waals surface area contributed by atoms with Crippen molar-refractivity contribution in [2.45, 2.75) is 6.42 Å². The fourth-order valence-corrected chi connectivity index (χ4v) is 1.81. The predicted molar refractivity (Wildman–Crippen MR) is 61.3 cm³/mol. The van der Waals surface area contributed by atoms with Gasteiger partial charge in [0.15, 0.2) is 0 Å². The number of hydrogen-bond acceptors (Lipinski definition) is 2. The number of halogens is 2. The maximum Gasteiger partial charge on any atom is 0.132 e. The molecule has 1 heterocycles. The zero-order valence-corrected chi connectivity index (χ0v) is 9.33. The van der Waals surface area contributed by atoms with Crippen molar-refractivity contribution in [2.24, 2.45) is 0 Å². The molecule has 4 heteroatoms. The van der Waals surface area contributed by atoms with E-state index in [0.29, 0.717) is 22.3 Å². The van der Waals surface area contributed by atoms with Gasteiger partial charge in [0.25, 0.3) is 0 Å². The second-order valence-corrected chi connectivity index (χ2v) is 3.86. The third-order valence-electron chi connectivity index (χ3n) is 2.02. The Bertz CT molecular complexity index is 437. The van der Waals surface area contributed by atoms with Crippen molar-refractivity contribution in [2.75, 3.05) is 0 Å². The van der Waals surface area contributed by atoms with Gasteiger partial charge in [0.1, 0.15) is 5.82 Å². The van der Waals surface area contributed by atoms with Gasteiger partial charge < -0.3 is 0 Å². The molecule has 2 aromatic rings. The molecule has 0 aliphatic rings. The summed E-state index contributed by atoms with van der Waals surface area (Å²) < 4.78 is 0. The van der Waals surface area contributed by atoms with E-state index < -0.39 is 0 Å². The fraction of sp³-hybridized carbons (Fsp3) is 0.0909. The van der Waals surface area contributed by atoms with Crippen LogP contribution in [0.15, 0.2) is 36.7 Å². The van der Waals surface area contributed by atoms with Crippen molar-refractivity contribution in [3.63, 3.8) is 0 Å². The molecule has 0 N–H and O–H groups in total. The largest absolute Gasteiger partial charge is 0.241 e. The summed E-state index contributed by atoms with van der Waals surface area (Å²) in [5.74, 6) is 0.715. The van der Waals surface area contributed by atoms with Crippen LogP contribution in [-0.2, 0) is 6.42 Å². The average molecular weight is 239 g/mol. The number of benzene rings is 1. The van der Waals surface area contributed by atoms with Crippen molar-refractivity contribution < 1.29 is 0 Å². The Morgan fingerprint density at radius 1 is 0.933 bits per heavy atom. The Balaban J connectivity index is 2.32. The Morgan fingerprint density at radius 3 is 2.13 bits per heavy atom. The zero-order valence-electron chi connectivity index (χ0n) is 7.82. The standard InChI is InChI=1S/C11H8Cl2N2/c12-9-3-1-4-10(13)8(9)7-11-14-5-2-6-15-11/h1-6H,7H2. The van der Waals surface area contributed by atoms with E-state index >= 15 is 0 Å². The van der Waals surface area contributed by atoms with Crippen LogP contribution in [0.2, 0.25) is 10.0 Å². The van der Waals surface area contributed by atoms with Crippen LogP contribution < -0.4 is 0 Å². The third-order valence-corrected chi connectivity index (χ3v) is 2.72. The molecular weight excluding hydrogens is 231 g/mol. The van der Waals surface area contributed by atoms with E-state index in [1.165, 1.54) is 0 Å². The van der Waals surface area contributed by atoms with Gasteiger partial charge in [-0.05, 0) is 23.8 Å². The highest BCUT2D eigenvalue weighted by atomic mass is 35.5. The highest BCUT2D eigenvalue weighted by Gasteiger charge is 2.07. The average Bonchev–Trinajstić information content (AvgIpc) is 2.25. The van der Waals surface area contributed by atoms with Crippen LogP contribution in [0.25, 0.3) is 0 Å². The first-order valence-electron chi connectivity index (χ1n) is 4.46. The van der Waals surface area contributed by atoms with E-state index in [-0.39, 0.29) is 0 Å². The van der Waals surface area contributed by atoms with Gasteiger partial charge in [-0.15, -0.1) is 0 Å². The summed E-state index contributed by atoms with van der Waals surface area (Å²) in [5.41, 5.74) is 0.868. The molecular formula is C11H8Cl2N2. The van der Waals surface area contributed by atoms with Gasteiger partial charge in [0.2, 0.25) is 0 Å². The first-order chi connectivity index (χ1) is 7.27. The van der Waals surface area contributed by atoms with Crippen LogP contribution in [0.4, 0.5) is 0 Å². The number of aromatic nitrogens is 2. The molecule has 0 unspecified atom stereocenters. The normalized spacial score (nSPS) is 10.3. The van der Waals surface area contributed by atoms with Gasteiger partial charge in [-0.3, -0.25) is 0 Å². The first-order valence-corrected chi connectivity index (χ1v) is 5.22. The van der Waals surface area contributed by atoms with E-state index in [2.05, 4.69) is 9.97 Å². The van der Waals surface area contributed by atoms with Crippen molar-refractivity contribution in [1.82, 2.24) is 9.97 Å². The SMILES string of the molecule is Clc1cccc(Cl)c1Cc1ncccn1. The summed E-state index contributed by atoms with van der Waals surface area (Å²) in [6.07, 6.45) is 3.96. The summed E-state index contributed by atoms with van der Waals surface area (Å²) in [4.78, 5) is 8.26. The lowest BCUT2D eigenvalue weighted by atomic mass is 10.1. The van der Waals surface area contributed by atoms with Gasteiger partial charge in [-0.25, -0.2) is 9.97 Å². The van der Waals surface area contributed by atoms with Crippen molar-refractivity contribution in [3.8, 4) is 0 Å². The molecule has 0 atom stereocenters. The molecule has 0 aliphatic carbocycles. The monoisotopic (exact) mass is 238 g/mol. The molecule has 1 aromatic heterocycles. The van der Waals surface area contributed by atoms with Gasteiger partial charge in [0.05, 0.1) is 0 Å². The van der Waals surface area contributed by atoms with Crippen molar-refractivity contribution in [3.05, 3.63) is 58.1 Å². The summed E-state index contributed by atoms with van der Waals surface area (Å²) in [6.45, 7) is 0. The molecule has 0 saturated heterocycles. The molecule has 0 amide bonds. The minimum absolute atomic E-state index is 0.555. The zero-order chi connectivity index (χ0) is 10.7. The molecule has 0 radical (unpaired) electrons. The molecule has 76 valence electrons. The van der Waals surface area contributed by atoms with E-state index in [0.717, 1.165) is 5.56 Å². The topological polar surface area (TPSA) is 25.8 Å². The molecule has 0 bridgehead atoms. The number of nitrogens with zero attached hydrogens (tertiary/aromatic N) is 2. The molecule has 0 aliphatic heterocycles. The fourth-order valence-electron chi connectivity index (χ4n) is 1.28. The molecule has 2 nitrogen and oxygen atoms in total. The molecule has 15 heavy (non-hydrogen) atoms. The maximum absolute atomic E-state index is 6.04.